The van der Waals surface area contributed by atoms with Crippen molar-refractivity contribution in [2.75, 3.05) is 6.54 Å². The highest BCUT2D eigenvalue weighted by molar-refractivity contribution is 6.15. The first-order valence-electron chi connectivity index (χ1n) is 5.63. The van der Waals surface area contributed by atoms with Gasteiger partial charge in [-0.1, -0.05) is 24.3 Å². The molecule has 0 bridgehead atoms. The first kappa shape index (κ1) is 13.0. The predicted octanol–water partition coefficient (Wildman–Crippen LogP) is 1.52. The molecule has 1 aliphatic rings. The van der Waals surface area contributed by atoms with Crippen molar-refractivity contribution in [3.8, 4) is 0 Å². The molecule has 1 fully saturated rings. The molecule has 1 unspecified atom stereocenters. The van der Waals surface area contributed by atoms with E-state index in [0.29, 0.717) is 19.4 Å². The number of aliphatic hydroxyl groups is 1. The Hall–Kier alpha value is -1.43. The predicted molar refractivity (Wildman–Crippen MR) is 62.0 cm³/mol. The molecule has 0 aliphatic carbocycles. The fourth-order valence-corrected chi connectivity index (χ4v) is 2.04. The van der Waals surface area contributed by atoms with Crippen molar-refractivity contribution in [1.29, 1.82) is 0 Å². The van der Waals surface area contributed by atoms with Gasteiger partial charge in [0, 0.05) is 18.5 Å². The number of carbonyl (C=O) groups excluding carboxylic acids is 1. The second-order valence-corrected chi connectivity index (χ2v) is 4.30. The SMILES string of the molecule is [B]C(O)(c1ccc(C(F)F)cc1)N1CCCC1=O. The van der Waals surface area contributed by atoms with Crippen molar-refractivity contribution in [2.45, 2.75) is 24.9 Å². The molecule has 1 aromatic rings. The zero-order chi connectivity index (χ0) is 13.3. The van der Waals surface area contributed by atoms with Crippen LogP contribution in [-0.2, 0) is 10.4 Å². The van der Waals surface area contributed by atoms with Gasteiger partial charge in [0.2, 0.25) is 5.91 Å². The Balaban J connectivity index is 2.26. The molecule has 1 aromatic carbocycles. The van der Waals surface area contributed by atoms with E-state index >= 15 is 0 Å². The number of carbonyl (C=O) groups is 1. The number of likely N-dealkylation sites (tertiary alicyclic amines) is 1. The van der Waals surface area contributed by atoms with Gasteiger partial charge >= 0.3 is 0 Å². The Bertz CT molecular complexity index is 448. The Morgan fingerprint density at radius 3 is 2.39 bits per heavy atom. The minimum atomic E-state index is -2.57. The van der Waals surface area contributed by atoms with Crippen molar-refractivity contribution in [1.82, 2.24) is 4.90 Å². The van der Waals surface area contributed by atoms with Crippen molar-refractivity contribution < 1.29 is 18.7 Å². The molecule has 2 rings (SSSR count). The van der Waals surface area contributed by atoms with Crippen LogP contribution in [0.1, 0.15) is 30.4 Å². The van der Waals surface area contributed by atoms with Gasteiger partial charge in [-0.2, -0.15) is 0 Å². The topological polar surface area (TPSA) is 40.5 Å². The van der Waals surface area contributed by atoms with Crippen LogP contribution in [-0.4, -0.2) is 30.3 Å². The lowest BCUT2D eigenvalue weighted by Crippen LogP contribution is -2.47. The smallest absolute Gasteiger partial charge is 0.263 e. The van der Waals surface area contributed by atoms with Crippen LogP contribution < -0.4 is 0 Å². The van der Waals surface area contributed by atoms with Crippen LogP contribution in [0.4, 0.5) is 8.78 Å². The molecule has 0 aromatic heterocycles. The van der Waals surface area contributed by atoms with Gasteiger partial charge in [-0.15, -0.1) is 0 Å². The minimum Gasteiger partial charge on any atom is -0.376 e. The van der Waals surface area contributed by atoms with E-state index in [1.165, 1.54) is 24.3 Å². The zero-order valence-electron chi connectivity index (χ0n) is 9.64. The Morgan fingerprint density at radius 2 is 1.94 bits per heavy atom. The van der Waals surface area contributed by atoms with Crippen LogP contribution in [0.25, 0.3) is 0 Å². The molecular weight excluding hydrogens is 239 g/mol. The number of nitrogens with zero attached hydrogens (tertiary/aromatic N) is 1. The molecule has 3 nitrogen and oxygen atoms in total. The molecule has 1 saturated heterocycles. The summed E-state index contributed by atoms with van der Waals surface area (Å²) in [5, 5.41) is 10.2. The van der Waals surface area contributed by atoms with Crippen LogP contribution >= 0.6 is 0 Å². The van der Waals surface area contributed by atoms with Gasteiger partial charge in [-0.05, 0) is 12.0 Å². The van der Waals surface area contributed by atoms with Gasteiger partial charge in [-0.25, -0.2) is 8.78 Å². The van der Waals surface area contributed by atoms with Crippen molar-refractivity contribution in [3.63, 3.8) is 0 Å². The van der Waals surface area contributed by atoms with E-state index in [1.807, 2.05) is 0 Å². The largest absolute Gasteiger partial charge is 0.376 e. The summed E-state index contributed by atoms with van der Waals surface area (Å²) < 4.78 is 24.8. The lowest BCUT2D eigenvalue weighted by Gasteiger charge is -2.35. The Kier molecular flexibility index (Phi) is 3.39. The molecule has 0 spiro atoms. The van der Waals surface area contributed by atoms with Crippen LogP contribution in [0.2, 0.25) is 0 Å². The number of halogens is 2. The van der Waals surface area contributed by atoms with Gasteiger partial charge in [0.25, 0.3) is 6.43 Å². The second kappa shape index (κ2) is 4.68. The quantitative estimate of drug-likeness (QED) is 0.827. The van der Waals surface area contributed by atoms with Crippen LogP contribution in [0, 0.1) is 0 Å². The summed E-state index contributed by atoms with van der Waals surface area (Å²) in [4.78, 5) is 12.7. The van der Waals surface area contributed by atoms with Crippen LogP contribution in [0.3, 0.4) is 0 Å². The van der Waals surface area contributed by atoms with Crippen LogP contribution in [0.15, 0.2) is 24.3 Å². The lowest BCUT2D eigenvalue weighted by atomic mass is 9.82. The fourth-order valence-electron chi connectivity index (χ4n) is 2.04. The molecule has 1 amide bonds. The lowest BCUT2D eigenvalue weighted by molar-refractivity contribution is -0.141. The van der Waals surface area contributed by atoms with Crippen molar-refractivity contribution in [3.05, 3.63) is 35.4 Å². The summed E-state index contributed by atoms with van der Waals surface area (Å²) in [7, 11) is 5.73. The highest BCUT2D eigenvalue weighted by Crippen LogP contribution is 2.28. The van der Waals surface area contributed by atoms with Crippen molar-refractivity contribution >= 4 is 13.8 Å². The van der Waals surface area contributed by atoms with E-state index in [0.717, 1.165) is 4.90 Å². The maximum absolute atomic E-state index is 12.4. The number of hydrogen-bond acceptors (Lipinski definition) is 2. The average molecular weight is 251 g/mol. The molecular formula is C12H12BF2NO2. The Labute approximate surface area is 105 Å². The molecule has 0 saturated carbocycles. The fraction of sp³-hybridized carbons (Fsp3) is 0.417. The van der Waals surface area contributed by atoms with Crippen LogP contribution in [0.5, 0.6) is 0 Å². The van der Waals surface area contributed by atoms with Crippen molar-refractivity contribution in [2.24, 2.45) is 0 Å². The summed E-state index contributed by atoms with van der Waals surface area (Å²) >= 11 is 0. The highest BCUT2D eigenvalue weighted by atomic mass is 19.3. The number of alkyl halides is 2. The molecule has 18 heavy (non-hydrogen) atoms. The van der Waals surface area contributed by atoms with Gasteiger partial charge in [0.05, 0.1) is 0 Å². The third-order valence-corrected chi connectivity index (χ3v) is 3.07. The second-order valence-electron chi connectivity index (χ2n) is 4.30. The molecule has 1 aliphatic heterocycles. The van der Waals surface area contributed by atoms with Gasteiger partial charge < -0.3 is 10.0 Å². The van der Waals surface area contributed by atoms with E-state index in [4.69, 9.17) is 7.85 Å². The van der Waals surface area contributed by atoms with E-state index in [-0.39, 0.29) is 17.0 Å². The summed E-state index contributed by atoms with van der Waals surface area (Å²) in [6.07, 6.45) is -1.60. The molecule has 1 N–H and O–H groups in total. The van der Waals surface area contributed by atoms with Gasteiger partial charge in [0.15, 0.2) is 7.85 Å². The monoisotopic (exact) mass is 251 g/mol. The molecule has 6 heteroatoms. The molecule has 1 atom stereocenters. The third kappa shape index (κ3) is 2.25. The maximum atomic E-state index is 12.4. The minimum absolute atomic E-state index is 0.151. The molecule has 2 radical (unpaired) electrons. The number of benzene rings is 1. The summed E-state index contributed by atoms with van der Waals surface area (Å²) in [6.45, 7) is 0.364. The van der Waals surface area contributed by atoms with E-state index in [9.17, 15) is 18.7 Å². The average Bonchev–Trinajstić information content (AvgIpc) is 2.76. The first-order valence-corrected chi connectivity index (χ1v) is 5.63. The summed E-state index contributed by atoms with van der Waals surface area (Å²) in [6, 6.07) is 5.01. The van der Waals surface area contributed by atoms with Gasteiger partial charge in [-0.3, -0.25) is 4.79 Å². The first-order chi connectivity index (χ1) is 8.43. The van der Waals surface area contributed by atoms with Gasteiger partial charge in [0.1, 0.15) is 5.62 Å². The molecule has 94 valence electrons. The van der Waals surface area contributed by atoms with E-state index < -0.39 is 12.0 Å². The number of hydrogen-bond donors (Lipinski definition) is 1. The normalized spacial score (nSPS) is 19.3. The maximum Gasteiger partial charge on any atom is 0.263 e. The third-order valence-electron chi connectivity index (χ3n) is 3.07. The Morgan fingerprint density at radius 1 is 1.33 bits per heavy atom. The number of rotatable bonds is 3. The molecule has 1 heterocycles. The zero-order valence-corrected chi connectivity index (χ0v) is 9.64. The van der Waals surface area contributed by atoms with E-state index in [1.54, 1.807) is 0 Å². The number of amides is 1. The summed E-state index contributed by atoms with van der Waals surface area (Å²) in [5.41, 5.74) is -1.86. The standard InChI is InChI=1S/C12H12BF2NO2/c13-12(18,16-7-1-2-10(16)17)9-5-3-8(4-6-9)11(14)15/h3-6,11,18H,1-2,7H2. The summed E-state index contributed by atoms with van der Waals surface area (Å²) in [5.74, 6) is -0.238. The van der Waals surface area contributed by atoms with E-state index in [2.05, 4.69) is 0 Å². The highest BCUT2D eigenvalue weighted by Gasteiger charge is 2.36.